The Balaban J connectivity index is 1.80. The van der Waals surface area contributed by atoms with Crippen LogP contribution in [0.1, 0.15) is 31.5 Å². The number of nitrogens with one attached hydrogen (secondary N) is 3. The number of aromatic amines is 2. The normalized spacial score (nSPS) is 11.4. The van der Waals surface area contributed by atoms with Crippen molar-refractivity contribution >= 4 is 44.1 Å². The molecule has 0 amide bonds. The van der Waals surface area contributed by atoms with E-state index in [-0.39, 0.29) is 4.87 Å². The number of nitrogens with zero attached hydrogens (tertiary/aromatic N) is 2. The monoisotopic (exact) mass is 353 g/mol. The van der Waals surface area contributed by atoms with E-state index in [0.717, 1.165) is 52.0 Å². The van der Waals surface area contributed by atoms with Crippen LogP contribution >= 0.6 is 11.3 Å². The summed E-state index contributed by atoms with van der Waals surface area (Å²) in [6.07, 6.45) is 4.58. The van der Waals surface area contributed by atoms with Gasteiger partial charge in [0.05, 0.1) is 15.6 Å². The van der Waals surface area contributed by atoms with Gasteiger partial charge in [-0.1, -0.05) is 31.6 Å². The Hall–Kier alpha value is -2.67. The molecule has 0 atom stereocenters. The van der Waals surface area contributed by atoms with E-state index in [1.807, 2.05) is 18.2 Å². The first-order valence-corrected chi connectivity index (χ1v) is 9.25. The van der Waals surface area contributed by atoms with E-state index in [1.54, 1.807) is 6.33 Å². The molecule has 4 aromatic rings. The number of H-pyrrole nitrogens is 2. The minimum atomic E-state index is -0.0420. The summed E-state index contributed by atoms with van der Waals surface area (Å²) in [4.78, 5) is 26.6. The Morgan fingerprint density at radius 2 is 2.08 bits per heavy atom. The molecule has 6 nitrogen and oxygen atoms in total. The van der Waals surface area contributed by atoms with Crippen LogP contribution in [0.3, 0.4) is 0 Å². The molecule has 0 saturated heterocycles. The van der Waals surface area contributed by atoms with E-state index in [9.17, 15) is 4.79 Å². The number of anilines is 2. The van der Waals surface area contributed by atoms with E-state index in [1.165, 1.54) is 22.6 Å². The van der Waals surface area contributed by atoms with Crippen molar-refractivity contribution in [3.63, 3.8) is 0 Å². The van der Waals surface area contributed by atoms with Gasteiger partial charge in [-0.05, 0) is 36.6 Å². The summed E-state index contributed by atoms with van der Waals surface area (Å²) in [6, 6.07) is 5.83. The molecule has 0 aliphatic carbocycles. The summed E-state index contributed by atoms with van der Waals surface area (Å²) in [6.45, 7) is 4.33. The molecule has 25 heavy (non-hydrogen) atoms. The third kappa shape index (κ3) is 2.80. The predicted octanol–water partition coefficient (Wildman–Crippen LogP) is 4.12. The zero-order valence-corrected chi connectivity index (χ0v) is 15.0. The van der Waals surface area contributed by atoms with E-state index in [2.05, 4.69) is 39.1 Å². The van der Waals surface area contributed by atoms with Crippen molar-refractivity contribution in [2.45, 2.75) is 33.1 Å². The zero-order chi connectivity index (χ0) is 17.4. The Labute approximate surface area is 148 Å². The van der Waals surface area contributed by atoms with Gasteiger partial charge in [0.15, 0.2) is 0 Å². The van der Waals surface area contributed by atoms with Crippen LogP contribution < -0.4 is 10.2 Å². The largest absolute Gasteiger partial charge is 0.343 e. The molecule has 0 radical (unpaired) electrons. The average molecular weight is 353 g/mol. The van der Waals surface area contributed by atoms with Gasteiger partial charge >= 0.3 is 4.87 Å². The van der Waals surface area contributed by atoms with Crippen molar-refractivity contribution in [2.75, 3.05) is 5.32 Å². The maximum absolute atomic E-state index is 11.5. The summed E-state index contributed by atoms with van der Waals surface area (Å²) in [5.41, 5.74) is 5.14. The molecule has 0 spiro atoms. The van der Waals surface area contributed by atoms with Gasteiger partial charge < -0.3 is 15.3 Å². The van der Waals surface area contributed by atoms with Gasteiger partial charge in [-0.15, -0.1) is 0 Å². The highest BCUT2D eigenvalue weighted by atomic mass is 32.1. The Morgan fingerprint density at radius 3 is 2.88 bits per heavy atom. The first-order valence-electron chi connectivity index (χ1n) is 8.44. The molecule has 4 rings (SSSR count). The molecule has 3 N–H and O–H groups in total. The van der Waals surface area contributed by atoms with Crippen LogP contribution in [0, 0.1) is 0 Å². The lowest BCUT2D eigenvalue weighted by molar-refractivity contribution is 0.876. The maximum Gasteiger partial charge on any atom is 0.305 e. The Bertz CT molecular complexity index is 1110. The SMILES string of the molecule is CCCc1[nH]c2ncnc(Nc3ccc4[nH]c(=O)sc4c3)c2c1CC. The molecule has 3 aromatic heterocycles. The third-order valence-electron chi connectivity index (χ3n) is 4.32. The highest BCUT2D eigenvalue weighted by Crippen LogP contribution is 2.30. The number of fused-ring (bicyclic) bond motifs is 2. The van der Waals surface area contributed by atoms with Gasteiger partial charge in [-0.3, -0.25) is 4.79 Å². The fourth-order valence-electron chi connectivity index (χ4n) is 3.24. The number of hydrogen-bond acceptors (Lipinski definition) is 5. The highest BCUT2D eigenvalue weighted by Gasteiger charge is 2.15. The predicted molar refractivity (Wildman–Crippen MR) is 103 cm³/mol. The zero-order valence-electron chi connectivity index (χ0n) is 14.1. The second-order valence-corrected chi connectivity index (χ2v) is 7.00. The first kappa shape index (κ1) is 15.8. The minimum absolute atomic E-state index is 0.0420. The smallest absolute Gasteiger partial charge is 0.305 e. The summed E-state index contributed by atoms with van der Waals surface area (Å²) >= 11 is 1.21. The minimum Gasteiger partial charge on any atom is -0.343 e. The molecule has 0 saturated carbocycles. The number of aromatic nitrogens is 4. The first-order chi connectivity index (χ1) is 12.2. The van der Waals surface area contributed by atoms with E-state index < -0.39 is 0 Å². The van der Waals surface area contributed by atoms with Crippen LogP contribution in [0.4, 0.5) is 11.5 Å². The van der Waals surface area contributed by atoms with Gasteiger partial charge in [0.2, 0.25) is 0 Å². The van der Waals surface area contributed by atoms with Crippen LogP contribution in [-0.2, 0) is 12.8 Å². The standard InChI is InChI=1S/C18H19N5OS/c1-3-5-12-11(4-2)15-16(19-9-20-17(15)22-12)21-10-6-7-13-14(8-10)25-18(24)23-13/h6-9H,3-5H2,1-2H3,(H,23,24)(H2,19,20,21,22). The molecule has 0 fully saturated rings. The number of rotatable bonds is 5. The van der Waals surface area contributed by atoms with Crippen LogP contribution in [0.2, 0.25) is 0 Å². The van der Waals surface area contributed by atoms with Crippen LogP contribution in [-0.4, -0.2) is 19.9 Å². The molecule has 1 aromatic carbocycles. The molecule has 0 aliphatic heterocycles. The lowest BCUT2D eigenvalue weighted by Crippen LogP contribution is -1.96. The quantitative estimate of drug-likeness (QED) is 0.504. The summed E-state index contributed by atoms with van der Waals surface area (Å²) in [7, 11) is 0. The maximum atomic E-state index is 11.5. The van der Waals surface area contributed by atoms with E-state index in [4.69, 9.17) is 0 Å². The molecule has 7 heteroatoms. The van der Waals surface area contributed by atoms with E-state index in [0.29, 0.717) is 0 Å². The number of benzene rings is 1. The fourth-order valence-corrected chi connectivity index (χ4v) is 4.02. The highest BCUT2D eigenvalue weighted by molar-refractivity contribution is 7.16. The van der Waals surface area contributed by atoms with Crippen LogP contribution in [0.25, 0.3) is 21.3 Å². The molecular formula is C18H19N5OS. The molecule has 0 aliphatic rings. The molecule has 3 heterocycles. The third-order valence-corrected chi connectivity index (χ3v) is 5.17. The fraction of sp³-hybridized carbons (Fsp3) is 0.278. The van der Waals surface area contributed by atoms with Crippen molar-refractivity contribution in [1.29, 1.82) is 0 Å². The summed E-state index contributed by atoms with van der Waals surface area (Å²) in [5, 5.41) is 4.45. The van der Waals surface area contributed by atoms with Gasteiger partial charge in [0.1, 0.15) is 17.8 Å². The number of thiazole rings is 1. The van der Waals surface area contributed by atoms with E-state index >= 15 is 0 Å². The van der Waals surface area contributed by atoms with Gasteiger partial charge in [-0.2, -0.15) is 0 Å². The second kappa shape index (κ2) is 6.33. The molecule has 0 bridgehead atoms. The van der Waals surface area contributed by atoms with Crippen molar-refractivity contribution < 1.29 is 0 Å². The number of hydrogen-bond donors (Lipinski definition) is 3. The van der Waals surface area contributed by atoms with Crippen LogP contribution in [0.5, 0.6) is 0 Å². The molecule has 128 valence electrons. The topological polar surface area (TPSA) is 86.5 Å². The van der Waals surface area contributed by atoms with Crippen molar-refractivity contribution in [3.8, 4) is 0 Å². The van der Waals surface area contributed by atoms with Crippen molar-refractivity contribution in [3.05, 3.63) is 45.5 Å². The van der Waals surface area contributed by atoms with Gasteiger partial charge in [0, 0.05) is 11.4 Å². The molecular weight excluding hydrogens is 334 g/mol. The number of aryl methyl sites for hydroxylation is 2. The second-order valence-electron chi connectivity index (χ2n) is 5.98. The van der Waals surface area contributed by atoms with Gasteiger partial charge in [0.25, 0.3) is 0 Å². The van der Waals surface area contributed by atoms with Crippen LogP contribution in [0.15, 0.2) is 29.3 Å². The van der Waals surface area contributed by atoms with Gasteiger partial charge in [-0.25, -0.2) is 9.97 Å². The average Bonchev–Trinajstić information content (AvgIpc) is 3.14. The molecule has 0 unspecified atom stereocenters. The summed E-state index contributed by atoms with van der Waals surface area (Å²) in [5.74, 6) is 0.794. The Kier molecular flexibility index (Phi) is 4.01. The van der Waals surface area contributed by atoms with Crippen molar-refractivity contribution in [2.24, 2.45) is 0 Å². The van der Waals surface area contributed by atoms with Crippen molar-refractivity contribution in [1.82, 2.24) is 19.9 Å². The lowest BCUT2D eigenvalue weighted by atomic mass is 10.1. The Morgan fingerprint density at radius 1 is 1.20 bits per heavy atom. The lowest BCUT2D eigenvalue weighted by Gasteiger charge is -2.08. The summed E-state index contributed by atoms with van der Waals surface area (Å²) < 4.78 is 0.928.